The number of aromatic nitrogens is 3. The molecule has 0 bridgehead atoms. The number of rotatable bonds is 5. The molecule has 1 unspecified atom stereocenters. The first-order valence-corrected chi connectivity index (χ1v) is 8.40. The summed E-state index contributed by atoms with van der Waals surface area (Å²) in [5.74, 6) is 2.69. The Hall–Kier alpha value is -1.95. The highest BCUT2D eigenvalue weighted by atomic mass is 16.5. The fourth-order valence-corrected chi connectivity index (χ4v) is 3.17. The van der Waals surface area contributed by atoms with Gasteiger partial charge in [0.1, 0.15) is 11.4 Å². The van der Waals surface area contributed by atoms with Crippen LogP contribution < -0.4 is 4.74 Å². The predicted octanol–water partition coefficient (Wildman–Crippen LogP) is 2.56. The normalized spacial score (nSPS) is 22.2. The highest BCUT2D eigenvalue weighted by Crippen LogP contribution is 2.27. The summed E-state index contributed by atoms with van der Waals surface area (Å²) in [6.07, 6.45) is 7.66. The van der Waals surface area contributed by atoms with Crippen molar-refractivity contribution >= 4 is 0 Å². The minimum Gasteiger partial charge on any atom is -0.490 e. The van der Waals surface area contributed by atoms with E-state index >= 15 is 0 Å². The van der Waals surface area contributed by atoms with E-state index in [1.165, 1.54) is 12.8 Å². The fourth-order valence-electron chi connectivity index (χ4n) is 3.17. The van der Waals surface area contributed by atoms with Gasteiger partial charge in [-0.2, -0.15) is 4.98 Å². The Labute approximate surface area is 135 Å². The molecular formula is C17H22N4O2. The van der Waals surface area contributed by atoms with Gasteiger partial charge in [0, 0.05) is 25.2 Å². The van der Waals surface area contributed by atoms with Crippen molar-refractivity contribution in [2.45, 2.75) is 38.2 Å². The van der Waals surface area contributed by atoms with E-state index in [9.17, 15) is 0 Å². The van der Waals surface area contributed by atoms with Crippen LogP contribution in [0.4, 0.5) is 0 Å². The van der Waals surface area contributed by atoms with Gasteiger partial charge in [-0.1, -0.05) is 5.16 Å². The summed E-state index contributed by atoms with van der Waals surface area (Å²) in [7, 11) is 2.15. The summed E-state index contributed by atoms with van der Waals surface area (Å²) in [6.45, 7) is 2.24. The Kier molecular flexibility index (Phi) is 3.99. The van der Waals surface area contributed by atoms with Crippen LogP contribution in [0.15, 0.2) is 22.9 Å². The molecule has 1 atom stereocenters. The molecule has 3 heterocycles. The molecule has 1 aliphatic carbocycles. The number of hydrogen-bond acceptors (Lipinski definition) is 6. The second kappa shape index (κ2) is 6.28. The molecule has 1 aliphatic heterocycles. The average molecular weight is 314 g/mol. The van der Waals surface area contributed by atoms with Crippen LogP contribution in [-0.2, 0) is 6.42 Å². The number of pyridine rings is 1. The molecule has 6 nitrogen and oxygen atoms in total. The van der Waals surface area contributed by atoms with Crippen molar-refractivity contribution < 1.29 is 9.26 Å². The summed E-state index contributed by atoms with van der Waals surface area (Å²) in [4.78, 5) is 11.2. The smallest absolute Gasteiger partial charge is 0.227 e. The van der Waals surface area contributed by atoms with Gasteiger partial charge in [-0.15, -0.1) is 0 Å². The topological polar surface area (TPSA) is 64.3 Å². The van der Waals surface area contributed by atoms with E-state index in [1.807, 2.05) is 12.1 Å². The van der Waals surface area contributed by atoms with Gasteiger partial charge in [0.25, 0.3) is 0 Å². The van der Waals surface area contributed by atoms with Gasteiger partial charge >= 0.3 is 0 Å². The second-order valence-corrected chi connectivity index (χ2v) is 6.68. The van der Waals surface area contributed by atoms with Gasteiger partial charge in [0.15, 0.2) is 0 Å². The molecule has 2 aromatic heterocycles. The molecule has 0 N–H and O–H groups in total. The number of likely N-dealkylation sites (tertiary alicyclic amines) is 1. The van der Waals surface area contributed by atoms with Crippen LogP contribution in [0.2, 0.25) is 0 Å². The van der Waals surface area contributed by atoms with Gasteiger partial charge in [-0.3, -0.25) is 4.98 Å². The Morgan fingerprint density at radius 1 is 1.35 bits per heavy atom. The molecule has 0 aromatic carbocycles. The van der Waals surface area contributed by atoms with Crippen LogP contribution >= 0.6 is 0 Å². The third-order valence-electron chi connectivity index (χ3n) is 4.74. The number of ether oxygens (including phenoxy) is 1. The molecular weight excluding hydrogens is 292 g/mol. The van der Waals surface area contributed by atoms with Crippen LogP contribution in [0.25, 0.3) is 11.5 Å². The summed E-state index contributed by atoms with van der Waals surface area (Å²) >= 11 is 0. The Bertz CT molecular complexity index is 668. The molecule has 2 aliphatic rings. The lowest BCUT2D eigenvalue weighted by molar-refractivity contribution is 0.120. The van der Waals surface area contributed by atoms with Crippen molar-refractivity contribution in [3.05, 3.63) is 24.2 Å². The molecule has 1 saturated heterocycles. The molecule has 23 heavy (non-hydrogen) atoms. The number of hydrogen-bond donors (Lipinski definition) is 0. The Morgan fingerprint density at radius 2 is 2.26 bits per heavy atom. The molecule has 6 heteroatoms. The van der Waals surface area contributed by atoms with Crippen LogP contribution in [-0.4, -0.2) is 46.3 Å². The molecule has 0 amide bonds. The molecule has 0 radical (unpaired) electrons. The van der Waals surface area contributed by atoms with Gasteiger partial charge in [0.2, 0.25) is 11.7 Å². The van der Waals surface area contributed by atoms with Gasteiger partial charge in [-0.25, -0.2) is 0 Å². The SMILES string of the molecule is CN1CCC(Cc2nc(-c3cc(OC4CCC4)ccn3)no2)C1. The van der Waals surface area contributed by atoms with Crippen molar-refractivity contribution in [3.8, 4) is 17.3 Å². The molecule has 1 saturated carbocycles. The monoisotopic (exact) mass is 314 g/mol. The zero-order chi connectivity index (χ0) is 15.6. The third kappa shape index (κ3) is 3.37. The summed E-state index contributed by atoms with van der Waals surface area (Å²) in [5, 5.41) is 4.08. The van der Waals surface area contributed by atoms with E-state index in [4.69, 9.17) is 9.26 Å². The van der Waals surface area contributed by atoms with Crippen molar-refractivity contribution in [1.29, 1.82) is 0 Å². The minimum absolute atomic E-state index is 0.352. The van der Waals surface area contributed by atoms with Crippen molar-refractivity contribution in [2.75, 3.05) is 20.1 Å². The summed E-state index contributed by atoms with van der Waals surface area (Å²) in [6, 6.07) is 3.79. The van der Waals surface area contributed by atoms with E-state index in [0.717, 1.165) is 38.1 Å². The first-order valence-electron chi connectivity index (χ1n) is 8.40. The molecule has 2 aromatic rings. The Morgan fingerprint density at radius 3 is 3.00 bits per heavy atom. The van der Waals surface area contributed by atoms with Crippen LogP contribution in [0.3, 0.4) is 0 Å². The highest BCUT2D eigenvalue weighted by Gasteiger charge is 2.23. The van der Waals surface area contributed by atoms with Crippen LogP contribution in [0, 0.1) is 5.92 Å². The number of nitrogens with zero attached hydrogens (tertiary/aromatic N) is 4. The fraction of sp³-hybridized carbons (Fsp3) is 0.588. The van der Waals surface area contributed by atoms with E-state index in [1.54, 1.807) is 6.20 Å². The van der Waals surface area contributed by atoms with Gasteiger partial charge in [-0.05, 0) is 51.3 Å². The predicted molar refractivity (Wildman–Crippen MR) is 85.1 cm³/mol. The molecule has 122 valence electrons. The maximum atomic E-state index is 5.91. The van der Waals surface area contributed by atoms with Crippen molar-refractivity contribution in [1.82, 2.24) is 20.0 Å². The van der Waals surface area contributed by atoms with E-state index in [-0.39, 0.29) is 0 Å². The maximum absolute atomic E-state index is 5.91. The first-order chi connectivity index (χ1) is 11.3. The van der Waals surface area contributed by atoms with Crippen LogP contribution in [0.5, 0.6) is 5.75 Å². The minimum atomic E-state index is 0.352. The van der Waals surface area contributed by atoms with E-state index < -0.39 is 0 Å². The average Bonchev–Trinajstić information content (AvgIpc) is 3.13. The molecule has 2 fully saturated rings. The zero-order valence-electron chi connectivity index (χ0n) is 13.4. The summed E-state index contributed by atoms with van der Waals surface area (Å²) < 4.78 is 11.3. The molecule has 0 spiro atoms. The van der Waals surface area contributed by atoms with Crippen molar-refractivity contribution in [3.63, 3.8) is 0 Å². The van der Waals surface area contributed by atoms with Crippen LogP contribution in [0.1, 0.15) is 31.6 Å². The summed E-state index contributed by atoms with van der Waals surface area (Å²) in [5.41, 5.74) is 0.709. The maximum Gasteiger partial charge on any atom is 0.227 e. The third-order valence-corrected chi connectivity index (χ3v) is 4.74. The van der Waals surface area contributed by atoms with E-state index in [2.05, 4.69) is 27.1 Å². The van der Waals surface area contributed by atoms with Crippen molar-refractivity contribution in [2.24, 2.45) is 5.92 Å². The highest BCUT2D eigenvalue weighted by molar-refractivity contribution is 5.50. The lowest BCUT2D eigenvalue weighted by Crippen LogP contribution is -2.24. The van der Waals surface area contributed by atoms with Gasteiger partial charge in [0.05, 0.1) is 6.10 Å². The van der Waals surface area contributed by atoms with Gasteiger partial charge < -0.3 is 14.2 Å². The largest absolute Gasteiger partial charge is 0.490 e. The molecule has 4 rings (SSSR count). The first kappa shape index (κ1) is 14.6. The standard InChI is InChI=1S/C17H22N4O2/c1-21-8-6-12(11-21)9-16-19-17(20-23-16)15-10-14(5-7-18-15)22-13-3-2-4-13/h5,7,10,12-13H,2-4,6,8-9,11H2,1H3. The lowest BCUT2D eigenvalue weighted by Gasteiger charge is -2.26. The Balaban J connectivity index is 1.44. The van der Waals surface area contributed by atoms with E-state index in [0.29, 0.717) is 29.4 Å². The second-order valence-electron chi connectivity index (χ2n) is 6.68. The zero-order valence-corrected chi connectivity index (χ0v) is 13.4. The quantitative estimate of drug-likeness (QED) is 0.845. The lowest BCUT2D eigenvalue weighted by atomic mass is 9.96.